The van der Waals surface area contributed by atoms with Crippen LogP contribution in [0.1, 0.15) is 51.6 Å². The summed E-state index contributed by atoms with van der Waals surface area (Å²) in [6, 6.07) is -0.168. The number of likely N-dealkylation sites (tertiary alicyclic amines) is 1. The lowest BCUT2D eigenvalue weighted by atomic mass is 10.2. The number of methoxy groups -OCH3 is 1. The second-order valence-corrected chi connectivity index (χ2v) is 8.52. The Bertz CT molecular complexity index is 715. The van der Waals surface area contributed by atoms with Crippen LogP contribution in [0.5, 0.6) is 5.88 Å². The Kier molecular flexibility index (Phi) is 6.56. The van der Waals surface area contributed by atoms with Crippen LogP contribution in [0, 0.1) is 0 Å². The SMILES string of the molecule is COC(=O)CNC[C@@H]1C[C@@H](Oc2cnc(C3CC3)cn2)CN1C(=O)OC(C)(C)C. The first-order chi connectivity index (χ1) is 13.7. The Morgan fingerprint density at radius 2 is 2.00 bits per heavy atom. The number of ether oxygens (including phenoxy) is 3. The number of hydrogen-bond acceptors (Lipinski definition) is 8. The van der Waals surface area contributed by atoms with E-state index < -0.39 is 11.7 Å². The summed E-state index contributed by atoms with van der Waals surface area (Å²) in [6.07, 6.45) is 5.72. The molecular weight excluding hydrogens is 376 g/mol. The van der Waals surface area contributed by atoms with E-state index in [-0.39, 0.29) is 24.7 Å². The second-order valence-electron chi connectivity index (χ2n) is 8.52. The van der Waals surface area contributed by atoms with Gasteiger partial charge in [0.1, 0.15) is 11.7 Å². The standard InChI is InChI=1S/C20H30N4O5/c1-20(2,3)29-19(26)24-12-15(7-14(24)8-21-11-18(25)27-4)28-17-10-22-16(9-23-17)13-5-6-13/h9-10,13-15,21H,5-8,11-12H2,1-4H3/t14-,15+/m0/s1. The van der Waals surface area contributed by atoms with Gasteiger partial charge < -0.3 is 24.4 Å². The summed E-state index contributed by atoms with van der Waals surface area (Å²) in [5, 5.41) is 3.03. The fourth-order valence-corrected chi connectivity index (χ4v) is 3.26. The van der Waals surface area contributed by atoms with Gasteiger partial charge in [-0.3, -0.25) is 9.78 Å². The van der Waals surface area contributed by atoms with E-state index in [1.807, 2.05) is 20.8 Å². The predicted octanol–water partition coefficient (Wildman–Crippen LogP) is 1.87. The molecule has 0 radical (unpaired) electrons. The first kappa shape index (κ1) is 21.3. The van der Waals surface area contributed by atoms with Gasteiger partial charge in [-0.2, -0.15) is 0 Å². The smallest absolute Gasteiger partial charge is 0.410 e. The highest BCUT2D eigenvalue weighted by Crippen LogP contribution is 2.38. The zero-order valence-corrected chi connectivity index (χ0v) is 17.5. The van der Waals surface area contributed by atoms with Crippen molar-refractivity contribution in [1.29, 1.82) is 0 Å². The lowest BCUT2D eigenvalue weighted by Crippen LogP contribution is -2.45. The van der Waals surface area contributed by atoms with E-state index in [2.05, 4.69) is 20.0 Å². The first-order valence-electron chi connectivity index (χ1n) is 10.0. The molecular formula is C20H30N4O5. The quantitative estimate of drug-likeness (QED) is 0.685. The van der Waals surface area contributed by atoms with Gasteiger partial charge in [-0.1, -0.05) is 0 Å². The molecule has 1 amide bonds. The molecule has 1 aliphatic heterocycles. The minimum absolute atomic E-state index is 0.0782. The molecule has 1 aromatic heterocycles. The molecule has 1 aromatic rings. The third-order valence-corrected chi connectivity index (χ3v) is 4.81. The number of amides is 1. The molecule has 1 saturated carbocycles. The first-order valence-corrected chi connectivity index (χ1v) is 10.0. The molecule has 0 spiro atoms. The number of carbonyl (C=O) groups excluding carboxylic acids is 2. The van der Waals surface area contributed by atoms with E-state index in [1.54, 1.807) is 17.3 Å². The van der Waals surface area contributed by atoms with Gasteiger partial charge in [0.05, 0.1) is 44.3 Å². The molecule has 1 N–H and O–H groups in total. The molecule has 1 aliphatic carbocycles. The van der Waals surface area contributed by atoms with E-state index in [0.717, 1.165) is 5.69 Å². The van der Waals surface area contributed by atoms with Crippen molar-refractivity contribution in [3.8, 4) is 5.88 Å². The van der Waals surface area contributed by atoms with Gasteiger partial charge in [0.25, 0.3) is 0 Å². The molecule has 2 atom stereocenters. The molecule has 0 bridgehead atoms. The van der Waals surface area contributed by atoms with Crippen LogP contribution in [-0.4, -0.2) is 71.4 Å². The highest BCUT2D eigenvalue weighted by molar-refractivity contribution is 5.71. The van der Waals surface area contributed by atoms with Crippen LogP contribution in [0.2, 0.25) is 0 Å². The van der Waals surface area contributed by atoms with E-state index in [0.29, 0.717) is 31.3 Å². The third-order valence-electron chi connectivity index (χ3n) is 4.81. The molecule has 2 fully saturated rings. The molecule has 0 unspecified atom stereocenters. The number of nitrogens with one attached hydrogen (secondary N) is 1. The lowest BCUT2D eigenvalue weighted by molar-refractivity contribution is -0.139. The number of esters is 1. The van der Waals surface area contributed by atoms with Crippen LogP contribution in [-0.2, 0) is 14.3 Å². The van der Waals surface area contributed by atoms with Crippen LogP contribution < -0.4 is 10.1 Å². The summed E-state index contributed by atoms with van der Waals surface area (Å²) < 4.78 is 16.1. The van der Waals surface area contributed by atoms with Crippen molar-refractivity contribution in [2.75, 3.05) is 26.7 Å². The average Bonchev–Trinajstić information content (AvgIpc) is 3.42. The van der Waals surface area contributed by atoms with Crippen LogP contribution in [0.3, 0.4) is 0 Å². The molecule has 0 aromatic carbocycles. The monoisotopic (exact) mass is 406 g/mol. The minimum atomic E-state index is -0.593. The summed E-state index contributed by atoms with van der Waals surface area (Å²) in [6.45, 7) is 6.38. The maximum Gasteiger partial charge on any atom is 0.410 e. The summed E-state index contributed by atoms with van der Waals surface area (Å²) in [4.78, 5) is 34.4. The van der Waals surface area contributed by atoms with Gasteiger partial charge >= 0.3 is 12.1 Å². The summed E-state index contributed by atoms with van der Waals surface area (Å²) in [7, 11) is 1.34. The number of hydrogen-bond donors (Lipinski definition) is 1. The molecule has 29 heavy (non-hydrogen) atoms. The Morgan fingerprint density at radius 3 is 2.59 bits per heavy atom. The number of carbonyl (C=O) groups is 2. The van der Waals surface area contributed by atoms with Gasteiger partial charge in [0, 0.05) is 18.9 Å². The summed E-state index contributed by atoms with van der Waals surface area (Å²) >= 11 is 0. The van der Waals surface area contributed by atoms with Crippen LogP contribution >= 0.6 is 0 Å². The molecule has 2 heterocycles. The number of aromatic nitrogens is 2. The molecule has 160 valence electrons. The van der Waals surface area contributed by atoms with Gasteiger partial charge in [0.2, 0.25) is 5.88 Å². The molecule has 9 nitrogen and oxygen atoms in total. The minimum Gasteiger partial charge on any atom is -0.471 e. The molecule has 2 aliphatic rings. The topological polar surface area (TPSA) is 103 Å². The van der Waals surface area contributed by atoms with Crippen molar-refractivity contribution < 1.29 is 23.8 Å². The largest absolute Gasteiger partial charge is 0.471 e. The molecule has 3 rings (SSSR count). The van der Waals surface area contributed by atoms with Crippen molar-refractivity contribution in [1.82, 2.24) is 20.2 Å². The number of nitrogens with zero attached hydrogens (tertiary/aromatic N) is 3. The van der Waals surface area contributed by atoms with Crippen molar-refractivity contribution in [2.45, 2.75) is 63.7 Å². The van der Waals surface area contributed by atoms with Gasteiger partial charge in [-0.15, -0.1) is 0 Å². The van der Waals surface area contributed by atoms with Crippen LogP contribution in [0.25, 0.3) is 0 Å². The normalized spacial score (nSPS) is 21.7. The van der Waals surface area contributed by atoms with Gasteiger partial charge in [0.15, 0.2) is 0 Å². The van der Waals surface area contributed by atoms with Crippen molar-refractivity contribution in [2.24, 2.45) is 0 Å². The highest BCUT2D eigenvalue weighted by Gasteiger charge is 2.38. The Morgan fingerprint density at radius 1 is 1.24 bits per heavy atom. The zero-order valence-electron chi connectivity index (χ0n) is 17.5. The second kappa shape index (κ2) is 8.94. The third kappa shape index (κ3) is 6.28. The van der Waals surface area contributed by atoms with E-state index >= 15 is 0 Å². The Balaban J connectivity index is 1.60. The fourth-order valence-electron chi connectivity index (χ4n) is 3.26. The van der Waals surface area contributed by atoms with Gasteiger partial charge in [-0.25, -0.2) is 9.78 Å². The molecule has 1 saturated heterocycles. The fraction of sp³-hybridized carbons (Fsp3) is 0.700. The van der Waals surface area contributed by atoms with Gasteiger partial charge in [-0.05, 0) is 33.6 Å². The summed E-state index contributed by atoms with van der Waals surface area (Å²) in [5.41, 5.74) is 0.411. The number of rotatable bonds is 7. The maximum atomic E-state index is 12.6. The molecule has 9 heteroatoms. The predicted molar refractivity (Wildman–Crippen MR) is 105 cm³/mol. The van der Waals surface area contributed by atoms with Crippen molar-refractivity contribution in [3.05, 3.63) is 18.1 Å². The Labute approximate surface area is 171 Å². The van der Waals surface area contributed by atoms with Crippen LogP contribution in [0.15, 0.2) is 12.4 Å². The Hall–Kier alpha value is -2.42. The van der Waals surface area contributed by atoms with E-state index in [1.165, 1.54) is 20.0 Å². The van der Waals surface area contributed by atoms with Crippen molar-refractivity contribution >= 4 is 12.1 Å². The average molecular weight is 406 g/mol. The van der Waals surface area contributed by atoms with E-state index in [9.17, 15) is 9.59 Å². The summed E-state index contributed by atoms with van der Waals surface area (Å²) in [5.74, 6) is 0.633. The lowest BCUT2D eigenvalue weighted by Gasteiger charge is -2.28. The maximum absolute atomic E-state index is 12.6. The van der Waals surface area contributed by atoms with E-state index in [4.69, 9.17) is 9.47 Å². The van der Waals surface area contributed by atoms with Crippen molar-refractivity contribution in [3.63, 3.8) is 0 Å². The van der Waals surface area contributed by atoms with Crippen LogP contribution in [0.4, 0.5) is 4.79 Å². The zero-order chi connectivity index (χ0) is 21.0. The highest BCUT2D eigenvalue weighted by atomic mass is 16.6.